The van der Waals surface area contributed by atoms with Gasteiger partial charge in [-0.2, -0.15) is 0 Å². The first-order valence-corrected chi connectivity index (χ1v) is 8.08. The van der Waals surface area contributed by atoms with Gasteiger partial charge in [-0.25, -0.2) is 13.1 Å². The van der Waals surface area contributed by atoms with Crippen molar-refractivity contribution in [2.75, 3.05) is 12.3 Å². The molecular weight excluding hydrogens is 246 g/mol. The van der Waals surface area contributed by atoms with Crippen LogP contribution < -0.4 is 4.72 Å². The summed E-state index contributed by atoms with van der Waals surface area (Å²) in [6, 6.07) is 8.40. The molecule has 102 valence electrons. The second-order valence-corrected chi connectivity index (χ2v) is 7.07. The first kappa shape index (κ1) is 15.2. The number of sulfonamides is 1. The molecular formula is C14H23NO2S. The molecule has 0 saturated heterocycles. The maximum Gasteiger partial charge on any atom is 0.211 e. The fourth-order valence-corrected chi connectivity index (χ4v) is 2.39. The van der Waals surface area contributed by atoms with Crippen LogP contribution in [0.25, 0.3) is 0 Å². The third kappa shape index (κ3) is 4.42. The van der Waals surface area contributed by atoms with Crippen molar-refractivity contribution in [1.29, 1.82) is 0 Å². The number of hydrogen-bond donors (Lipinski definition) is 1. The molecule has 0 amide bonds. The Morgan fingerprint density at radius 1 is 1.06 bits per heavy atom. The summed E-state index contributed by atoms with van der Waals surface area (Å²) < 4.78 is 25.4. The van der Waals surface area contributed by atoms with Gasteiger partial charge in [-0.1, -0.05) is 45.0 Å². The standard InChI is InChI=1S/C14H23NO2S/c1-5-18(16,17)15-10-12(4)14-8-6-13(7-9-14)11(2)3/h6-9,11-12,15H,5,10H2,1-4H3. The first-order chi connectivity index (χ1) is 8.35. The quantitative estimate of drug-likeness (QED) is 0.863. The monoisotopic (exact) mass is 269 g/mol. The molecule has 0 radical (unpaired) electrons. The Morgan fingerprint density at radius 3 is 2.00 bits per heavy atom. The van der Waals surface area contributed by atoms with Gasteiger partial charge in [-0.3, -0.25) is 0 Å². The van der Waals surface area contributed by atoms with Crippen LogP contribution in [-0.2, 0) is 10.0 Å². The lowest BCUT2D eigenvalue weighted by Gasteiger charge is -2.14. The average molecular weight is 269 g/mol. The van der Waals surface area contributed by atoms with Crippen molar-refractivity contribution < 1.29 is 8.42 Å². The molecule has 0 fully saturated rings. The lowest BCUT2D eigenvalue weighted by Crippen LogP contribution is -2.28. The van der Waals surface area contributed by atoms with Crippen LogP contribution in [-0.4, -0.2) is 20.7 Å². The average Bonchev–Trinajstić information content (AvgIpc) is 2.36. The van der Waals surface area contributed by atoms with Crippen LogP contribution in [0, 0.1) is 0 Å². The minimum absolute atomic E-state index is 0.131. The molecule has 0 aliphatic rings. The largest absolute Gasteiger partial charge is 0.215 e. The molecule has 0 bridgehead atoms. The van der Waals surface area contributed by atoms with Gasteiger partial charge in [-0.05, 0) is 29.9 Å². The van der Waals surface area contributed by atoms with Crippen LogP contribution in [0.1, 0.15) is 50.7 Å². The molecule has 4 heteroatoms. The predicted octanol–water partition coefficient (Wildman–Crippen LogP) is 2.85. The maximum absolute atomic E-state index is 11.4. The molecule has 1 atom stereocenters. The minimum atomic E-state index is -3.09. The normalized spacial score (nSPS) is 13.8. The molecule has 1 aromatic carbocycles. The van der Waals surface area contributed by atoms with E-state index in [4.69, 9.17) is 0 Å². The highest BCUT2D eigenvalue weighted by molar-refractivity contribution is 7.89. The van der Waals surface area contributed by atoms with E-state index in [9.17, 15) is 8.42 Å². The molecule has 0 spiro atoms. The van der Waals surface area contributed by atoms with Crippen LogP contribution in [0.2, 0.25) is 0 Å². The zero-order valence-electron chi connectivity index (χ0n) is 11.6. The van der Waals surface area contributed by atoms with E-state index >= 15 is 0 Å². The molecule has 0 saturated carbocycles. The second kappa shape index (κ2) is 6.34. The van der Waals surface area contributed by atoms with Gasteiger partial charge in [0.1, 0.15) is 0 Å². The Labute approximate surface area is 111 Å². The molecule has 1 aromatic rings. The molecule has 18 heavy (non-hydrogen) atoms. The van der Waals surface area contributed by atoms with Gasteiger partial charge in [0.2, 0.25) is 10.0 Å². The summed E-state index contributed by atoms with van der Waals surface area (Å²) in [6.07, 6.45) is 0. The van der Waals surface area contributed by atoms with Gasteiger partial charge in [0.05, 0.1) is 5.75 Å². The van der Waals surface area contributed by atoms with Crippen molar-refractivity contribution in [2.24, 2.45) is 0 Å². The highest BCUT2D eigenvalue weighted by Gasteiger charge is 2.11. The van der Waals surface area contributed by atoms with E-state index in [0.29, 0.717) is 12.5 Å². The number of benzene rings is 1. The summed E-state index contributed by atoms with van der Waals surface area (Å²) in [5, 5.41) is 0. The topological polar surface area (TPSA) is 46.2 Å². The fourth-order valence-electron chi connectivity index (χ4n) is 1.68. The van der Waals surface area contributed by atoms with Crippen molar-refractivity contribution in [3.05, 3.63) is 35.4 Å². The number of nitrogens with one attached hydrogen (secondary N) is 1. The third-order valence-corrected chi connectivity index (χ3v) is 4.53. The summed E-state index contributed by atoms with van der Waals surface area (Å²) in [4.78, 5) is 0. The van der Waals surface area contributed by atoms with Gasteiger partial charge in [-0.15, -0.1) is 0 Å². The van der Waals surface area contributed by atoms with Crippen LogP contribution in [0.5, 0.6) is 0 Å². The Bertz CT molecular complexity index is 463. The molecule has 0 heterocycles. The van der Waals surface area contributed by atoms with Crippen LogP contribution >= 0.6 is 0 Å². The predicted molar refractivity (Wildman–Crippen MR) is 76.4 cm³/mol. The Morgan fingerprint density at radius 2 is 1.56 bits per heavy atom. The van der Waals surface area contributed by atoms with Crippen molar-refractivity contribution in [3.8, 4) is 0 Å². The molecule has 0 aliphatic carbocycles. The highest BCUT2D eigenvalue weighted by atomic mass is 32.2. The van der Waals surface area contributed by atoms with Crippen molar-refractivity contribution in [3.63, 3.8) is 0 Å². The van der Waals surface area contributed by atoms with Gasteiger partial charge in [0.25, 0.3) is 0 Å². The lowest BCUT2D eigenvalue weighted by atomic mass is 9.96. The van der Waals surface area contributed by atoms with Gasteiger partial charge < -0.3 is 0 Å². The zero-order valence-corrected chi connectivity index (χ0v) is 12.4. The van der Waals surface area contributed by atoms with E-state index in [0.717, 1.165) is 0 Å². The summed E-state index contributed by atoms with van der Waals surface area (Å²) in [7, 11) is -3.09. The molecule has 1 N–H and O–H groups in total. The van der Waals surface area contributed by atoms with Crippen LogP contribution in [0.3, 0.4) is 0 Å². The summed E-state index contributed by atoms with van der Waals surface area (Å²) in [5.74, 6) is 0.840. The van der Waals surface area contributed by atoms with E-state index in [1.54, 1.807) is 6.92 Å². The molecule has 1 unspecified atom stereocenters. The minimum Gasteiger partial charge on any atom is -0.215 e. The first-order valence-electron chi connectivity index (χ1n) is 6.43. The highest BCUT2D eigenvalue weighted by Crippen LogP contribution is 2.19. The fraction of sp³-hybridized carbons (Fsp3) is 0.571. The SMILES string of the molecule is CCS(=O)(=O)NCC(C)c1ccc(C(C)C)cc1. The number of rotatable bonds is 6. The molecule has 3 nitrogen and oxygen atoms in total. The second-order valence-electron chi connectivity index (χ2n) is 4.97. The smallest absolute Gasteiger partial charge is 0.211 e. The van der Waals surface area contributed by atoms with Crippen molar-refractivity contribution in [2.45, 2.75) is 39.5 Å². The van der Waals surface area contributed by atoms with Crippen LogP contribution in [0.4, 0.5) is 0 Å². The van der Waals surface area contributed by atoms with E-state index < -0.39 is 10.0 Å². The van der Waals surface area contributed by atoms with E-state index in [1.807, 2.05) is 6.92 Å². The van der Waals surface area contributed by atoms with Crippen molar-refractivity contribution in [1.82, 2.24) is 4.72 Å². The van der Waals surface area contributed by atoms with Gasteiger partial charge >= 0.3 is 0 Å². The van der Waals surface area contributed by atoms with Crippen LogP contribution in [0.15, 0.2) is 24.3 Å². The van der Waals surface area contributed by atoms with E-state index in [-0.39, 0.29) is 11.7 Å². The Balaban J connectivity index is 2.65. The molecule has 0 aromatic heterocycles. The molecule has 1 rings (SSSR count). The van der Waals surface area contributed by atoms with E-state index in [2.05, 4.69) is 42.8 Å². The number of hydrogen-bond acceptors (Lipinski definition) is 2. The van der Waals surface area contributed by atoms with E-state index in [1.165, 1.54) is 11.1 Å². The Kier molecular flexibility index (Phi) is 5.35. The maximum atomic E-state index is 11.4. The third-order valence-electron chi connectivity index (χ3n) is 3.16. The summed E-state index contributed by atoms with van der Waals surface area (Å²) in [6.45, 7) is 8.45. The zero-order chi connectivity index (χ0) is 13.8. The summed E-state index contributed by atoms with van der Waals surface area (Å²) in [5.41, 5.74) is 2.47. The lowest BCUT2D eigenvalue weighted by molar-refractivity contribution is 0.576. The van der Waals surface area contributed by atoms with Crippen molar-refractivity contribution >= 4 is 10.0 Å². The van der Waals surface area contributed by atoms with Gasteiger partial charge in [0.15, 0.2) is 0 Å². The Hall–Kier alpha value is -0.870. The molecule has 0 aliphatic heterocycles. The van der Waals surface area contributed by atoms with Gasteiger partial charge in [0, 0.05) is 6.54 Å². The summed E-state index contributed by atoms with van der Waals surface area (Å²) >= 11 is 0.